The van der Waals surface area contributed by atoms with E-state index in [9.17, 15) is 9.90 Å². The molecular formula is C19H21NO2. The van der Waals surface area contributed by atoms with Gasteiger partial charge in [-0.3, -0.25) is 0 Å². The van der Waals surface area contributed by atoms with Gasteiger partial charge in [0, 0.05) is 12.0 Å². The van der Waals surface area contributed by atoms with Crippen LogP contribution in [0.25, 0.3) is 0 Å². The third-order valence-electron chi connectivity index (χ3n) is 5.49. The number of para-hydroxylation sites is 1. The first-order chi connectivity index (χ1) is 10.8. The highest BCUT2D eigenvalue weighted by atomic mass is 16.4. The summed E-state index contributed by atoms with van der Waals surface area (Å²) in [5, 5.41) is 13.1. The Morgan fingerprint density at radius 3 is 2.86 bits per heavy atom. The molecule has 0 bridgehead atoms. The molecule has 0 aromatic heterocycles. The molecule has 22 heavy (non-hydrogen) atoms. The van der Waals surface area contributed by atoms with Crippen LogP contribution in [0.15, 0.2) is 42.5 Å². The van der Waals surface area contributed by atoms with Gasteiger partial charge in [-0.25, -0.2) is 4.79 Å². The van der Waals surface area contributed by atoms with Crippen LogP contribution in [0.3, 0.4) is 0 Å². The van der Waals surface area contributed by atoms with Gasteiger partial charge in [-0.2, -0.15) is 0 Å². The molecule has 114 valence electrons. The van der Waals surface area contributed by atoms with Crippen LogP contribution in [0.5, 0.6) is 0 Å². The van der Waals surface area contributed by atoms with E-state index in [0.29, 0.717) is 29.4 Å². The summed E-state index contributed by atoms with van der Waals surface area (Å²) in [4.78, 5) is 11.6. The van der Waals surface area contributed by atoms with Crippen molar-refractivity contribution in [3.8, 4) is 0 Å². The third-order valence-corrected chi connectivity index (χ3v) is 5.49. The summed E-state index contributed by atoms with van der Waals surface area (Å²) in [7, 11) is 0. The van der Waals surface area contributed by atoms with E-state index in [1.165, 1.54) is 6.42 Å². The number of hydrogen-bond acceptors (Lipinski definition) is 2. The predicted molar refractivity (Wildman–Crippen MR) is 87.3 cm³/mol. The first kappa shape index (κ1) is 13.6. The maximum absolute atomic E-state index is 11.6. The summed E-state index contributed by atoms with van der Waals surface area (Å²) >= 11 is 0. The van der Waals surface area contributed by atoms with Crippen LogP contribution in [-0.4, -0.2) is 17.1 Å². The number of allylic oxidation sites excluding steroid dienone is 4. The van der Waals surface area contributed by atoms with Crippen LogP contribution in [0.1, 0.15) is 47.5 Å². The molecule has 1 aromatic rings. The lowest BCUT2D eigenvalue weighted by atomic mass is 9.71. The standard InChI is InChI=1S/C19H21NO2/c21-19(22)16-11-5-10-15-13-8-4-9-14(13)17(20-18(15)16)12-6-2-1-3-7-12/h1-2,4-5,8,10-14,17,20H,3,6-7,9H2,(H,21,22)/t12-,13-,14-,17-/m0/s1. The maximum Gasteiger partial charge on any atom is 0.337 e. The van der Waals surface area contributed by atoms with E-state index in [1.54, 1.807) is 6.07 Å². The minimum atomic E-state index is -0.841. The van der Waals surface area contributed by atoms with Crippen molar-refractivity contribution >= 4 is 11.7 Å². The second kappa shape index (κ2) is 5.31. The molecule has 2 N–H and O–H groups in total. The fourth-order valence-electron chi connectivity index (χ4n) is 4.45. The van der Waals surface area contributed by atoms with E-state index in [1.807, 2.05) is 6.07 Å². The molecule has 0 saturated heterocycles. The Morgan fingerprint density at radius 2 is 2.09 bits per heavy atom. The molecule has 4 atom stereocenters. The lowest BCUT2D eigenvalue weighted by molar-refractivity contribution is 0.0697. The van der Waals surface area contributed by atoms with Gasteiger partial charge in [-0.1, -0.05) is 36.4 Å². The number of carboxylic acid groups (broad SMARTS) is 1. The molecule has 3 aliphatic rings. The summed E-state index contributed by atoms with van der Waals surface area (Å²) in [5.41, 5.74) is 2.41. The highest BCUT2D eigenvalue weighted by Gasteiger charge is 2.41. The largest absolute Gasteiger partial charge is 0.478 e. The number of hydrogen-bond donors (Lipinski definition) is 2. The van der Waals surface area contributed by atoms with Crippen LogP contribution < -0.4 is 5.32 Å². The summed E-state index contributed by atoms with van der Waals surface area (Å²) in [5.74, 6) is 0.693. The van der Waals surface area contributed by atoms with E-state index in [2.05, 4.69) is 35.7 Å². The third kappa shape index (κ3) is 2.07. The van der Waals surface area contributed by atoms with Crippen LogP contribution in [0.2, 0.25) is 0 Å². The Labute approximate surface area is 130 Å². The highest BCUT2D eigenvalue weighted by Crippen LogP contribution is 2.48. The van der Waals surface area contributed by atoms with Gasteiger partial charge < -0.3 is 10.4 Å². The smallest absolute Gasteiger partial charge is 0.337 e. The number of fused-ring (bicyclic) bond motifs is 3. The Bertz CT molecular complexity index is 661. The lowest BCUT2D eigenvalue weighted by Gasteiger charge is -2.42. The number of aromatic carboxylic acids is 1. The molecule has 1 aliphatic heterocycles. The van der Waals surface area contributed by atoms with Gasteiger partial charge in [0.25, 0.3) is 0 Å². The van der Waals surface area contributed by atoms with Crippen molar-refractivity contribution in [3.05, 3.63) is 53.6 Å². The predicted octanol–water partition coefficient (Wildman–Crippen LogP) is 4.19. The van der Waals surface area contributed by atoms with Gasteiger partial charge in [0.1, 0.15) is 0 Å². The van der Waals surface area contributed by atoms with Crippen LogP contribution in [0, 0.1) is 11.8 Å². The Kier molecular flexibility index (Phi) is 3.29. The molecule has 0 saturated carbocycles. The normalized spacial score (nSPS) is 32.2. The zero-order valence-corrected chi connectivity index (χ0v) is 12.5. The fourth-order valence-corrected chi connectivity index (χ4v) is 4.45. The Hall–Kier alpha value is -2.03. The molecule has 0 amide bonds. The molecule has 1 heterocycles. The molecule has 0 spiro atoms. The monoisotopic (exact) mass is 295 g/mol. The van der Waals surface area contributed by atoms with E-state index in [0.717, 1.165) is 30.5 Å². The SMILES string of the molecule is O=C(O)c1cccc2c1N[C@@H]([C@H]1CC=CCC1)[C@H]1CC=C[C@H]21. The van der Waals surface area contributed by atoms with Gasteiger partial charge >= 0.3 is 5.97 Å². The average molecular weight is 295 g/mol. The number of rotatable bonds is 2. The van der Waals surface area contributed by atoms with Crippen molar-refractivity contribution in [2.75, 3.05) is 5.32 Å². The fraction of sp³-hybridized carbons (Fsp3) is 0.421. The second-order valence-corrected chi connectivity index (χ2v) is 6.64. The molecule has 3 nitrogen and oxygen atoms in total. The van der Waals surface area contributed by atoms with Crippen molar-refractivity contribution < 1.29 is 9.90 Å². The molecule has 0 fully saturated rings. The van der Waals surface area contributed by atoms with Crippen molar-refractivity contribution in [1.29, 1.82) is 0 Å². The minimum absolute atomic E-state index is 0.367. The number of benzene rings is 1. The van der Waals surface area contributed by atoms with Gasteiger partial charge in [0.15, 0.2) is 0 Å². The number of anilines is 1. The van der Waals surface area contributed by atoms with Gasteiger partial charge in [-0.15, -0.1) is 0 Å². The number of carboxylic acids is 1. The first-order valence-corrected chi connectivity index (χ1v) is 8.20. The summed E-state index contributed by atoms with van der Waals surface area (Å²) in [6, 6.07) is 6.04. The molecule has 0 radical (unpaired) electrons. The van der Waals surface area contributed by atoms with Gasteiger partial charge in [-0.05, 0) is 49.1 Å². The van der Waals surface area contributed by atoms with Crippen LogP contribution in [-0.2, 0) is 0 Å². The number of nitrogens with one attached hydrogen (secondary N) is 1. The summed E-state index contributed by atoms with van der Waals surface area (Å²) in [6.07, 6.45) is 13.6. The first-order valence-electron chi connectivity index (χ1n) is 8.20. The maximum atomic E-state index is 11.6. The van der Waals surface area contributed by atoms with Crippen molar-refractivity contribution in [2.45, 2.75) is 37.6 Å². The zero-order chi connectivity index (χ0) is 15.1. The molecule has 3 heteroatoms. The summed E-state index contributed by atoms with van der Waals surface area (Å²) < 4.78 is 0. The Balaban J connectivity index is 1.76. The van der Waals surface area contributed by atoms with Gasteiger partial charge in [0.2, 0.25) is 0 Å². The second-order valence-electron chi connectivity index (χ2n) is 6.64. The highest BCUT2D eigenvalue weighted by molar-refractivity contribution is 5.95. The lowest BCUT2D eigenvalue weighted by Crippen LogP contribution is -2.42. The minimum Gasteiger partial charge on any atom is -0.478 e. The molecule has 1 aromatic carbocycles. The van der Waals surface area contributed by atoms with E-state index >= 15 is 0 Å². The van der Waals surface area contributed by atoms with Crippen molar-refractivity contribution in [3.63, 3.8) is 0 Å². The van der Waals surface area contributed by atoms with Crippen LogP contribution in [0.4, 0.5) is 5.69 Å². The van der Waals surface area contributed by atoms with Crippen molar-refractivity contribution in [1.82, 2.24) is 0 Å². The zero-order valence-electron chi connectivity index (χ0n) is 12.5. The molecule has 4 rings (SSSR count). The Morgan fingerprint density at radius 1 is 1.18 bits per heavy atom. The topological polar surface area (TPSA) is 49.3 Å². The van der Waals surface area contributed by atoms with Crippen molar-refractivity contribution in [2.24, 2.45) is 11.8 Å². The van der Waals surface area contributed by atoms with E-state index in [4.69, 9.17) is 0 Å². The molecule has 2 aliphatic carbocycles. The van der Waals surface area contributed by atoms with E-state index < -0.39 is 5.97 Å². The molecule has 0 unspecified atom stereocenters. The number of carbonyl (C=O) groups is 1. The summed E-state index contributed by atoms with van der Waals surface area (Å²) in [6.45, 7) is 0. The van der Waals surface area contributed by atoms with Crippen LogP contribution >= 0.6 is 0 Å². The van der Waals surface area contributed by atoms with E-state index in [-0.39, 0.29) is 0 Å². The average Bonchev–Trinajstić information content (AvgIpc) is 3.04. The molecular weight excluding hydrogens is 274 g/mol. The quantitative estimate of drug-likeness (QED) is 0.804. The van der Waals surface area contributed by atoms with Gasteiger partial charge in [0.05, 0.1) is 11.3 Å².